The predicted molar refractivity (Wildman–Crippen MR) is 84.3 cm³/mol. The molecule has 0 aliphatic rings. The first-order chi connectivity index (χ1) is 11.4. The normalized spacial score (nSPS) is 11.4. The van der Waals surface area contributed by atoms with Crippen LogP contribution in [0.25, 0.3) is 0 Å². The average Bonchev–Trinajstić information content (AvgIpc) is 2.55. The molecule has 0 saturated heterocycles. The fraction of sp³-hybridized carbons (Fsp3) is 0.438. The number of hydrogen-bond donors (Lipinski definition) is 3. The van der Waals surface area contributed by atoms with Gasteiger partial charge in [-0.15, -0.1) is 0 Å². The van der Waals surface area contributed by atoms with E-state index in [1.807, 2.05) is 0 Å². The van der Waals surface area contributed by atoms with E-state index in [2.05, 4.69) is 5.32 Å². The molecule has 24 heavy (non-hydrogen) atoms. The van der Waals surface area contributed by atoms with Gasteiger partial charge in [0.05, 0.1) is 14.2 Å². The van der Waals surface area contributed by atoms with E-state index in [9.17, 15) is 14.4 Å². The maximum atomic E-state index is 11.9. The molecule has 0 bridgehead atoms. The summed E-state index contributed by atoms with van der Waals surface area (Å²) >= 11 is 0. The fourth-order valence-electron chi connectivity index (χ4n) is 2.09. The van der Waals surface area contributed by atoms with Gasteiger partial charge in [-0.25, -0.2) is 4.79 Å². The molecule has 0 aliphatic heterocycles. The highest BCUT2D eigenvalue weighted by Crippen LogP contribution is 2.27. The number of hydrogen-bond acceptors (Lipinski definition) is 5. The molecule has 1 atom stereocenters. The number of carbonyl (C=O) groups excluding carboxylic acids is 1. The monoisotopic (exact) mass is 339 g/mol. The van der Waals surface area contributed by atoms with E-state index >= 15 is 0 Å². The minimum atomic E-state index is -1.25. The Morgan fingerprint density at radius 2 is 1.75 bits per heavy atom. The van der Waals surface area contributed by atoms with Crippen molar-refractivity contribution in [2.75, 3.05) is 14.2 Å². The first kappa shape index (κ1) is 19.3. The molecule has 132 valence electrons. The molecule has 1 unspecified atom stereocenters. The minimum absolute atomic E-state index is 0.0757. The average molecular weight is 339 g/mol. The molecule has 0 heterocycles. The third-order valence-corrected chi connectivity index (χ3v) is 3.37. The number of ether oxygens (including phenoxy) is 2. The zero-order chi connectivity index (χ0) is 18.1. The van der Waals surface area contributed by atoms with Crippen LogP contribution in [0.5, 0.6) is 11.5 Å². The van der Waals surface area contributed by atoms with Gasteiger partial charge in [-0.3, -0.25) is 9.59 Å². The van der Waals surface area contributed by atoms with Crippen LogP contribution in [0.15, 0.2) is 18.2 Å². The number of aryl methyl sites for hydroxylation is 1. The van der Waals surface area contributed by atoms with Crippen molar-refractivity contribution in [3.8, 4) is 11.5 Å². The Morgan fingerprint density at radius 1 is 1.08 bits per heavy atom. The maximum absolute atomic E-state index is 11.9. The van der Waals surface area contributed by atoms with E-state index in [1.165, 1.54) is 14.2 Å². The van der Waals surface area contributed by atoms with Crippen LogP contribution in [0.3, 0.4) is 0 Å². The van der Waals surface area contributed by atoms with Crippen molar-refractivity contribution in [3.63, 3.8) is 0 Å². The molecule has 1 aromatic carbocycles. The number of aliphatic carboxylic acids is 2. The Balaban J connectivity index is 2.58. The lowest BCUT2D eigenvalue weighted by atomic mass is 10.1. The molecule has 0 fully saturated rings. The molecule has 0 aliphatic carbocycles. The number of carboxylic acid groups (broad SMARTS) is 2. The number of amides is 1. The van der Waals surface area contributed by atoms with Gasteiger partial charge in [-0.2, -0.15) is 0 Å². The van der Waals surface area contributed by atoms with E-state index in [0.717, 1.165) is 5.56 Å². The Bertz CT molecular complexity index is 600. The standard InChI is InChI=1S/C16H21NO7/c1-23-12-6-3-10(9-13(12)24-2)4-7-14(18)17-11(16(21)22)5-8-15(19)20/h3,6,9,11H,4-5,7-8H2,1-2H3,(H,17,18)(H,19,20)(H,21,22). The Morgan fingerprint density at radius 3 is 2.29 bits per heavy atom. The van der Waals surface area contributed by atoms with E-state index < -0.39 is 23.9 Å². The maximum Gasteiger partial charge on any atom is 0.326 e. The number of rotatable bonds is 10. The van der Waals surface area contributed by atoms with Crippen LogP contribution in [-0.2, 0) is 20.8 Å². The molecule has 1 aromatic rings. The van der Waals surface area contributed by atoms with Crippen molar-refractivity contribution in [3.05, 3.63) is 23.8 Å². The van der Waals surface area contributed by atoms with Crippen molar-refractivity contribution in [1.82, 2.24) is 5.32 Å². The van der Waals surface area contributed by atoms with Crippen LogP contribution in [-0.4, -0.2) is 48.3 Å². The lowest BCUT2D eigenvalue weighted by Gasteiger charge is -2.14. The third kappa shape index (κ3) is 6.15. The molecule has 1 amide bonds. The van der Waals surface area contributed by atoms with Gasteiger partial charge >= 0.3 is 11.9 Å². The van der Waals surface area contributed by atoms with Crippen molar-refractivity contribution in [2.24, 2.45) is 0 Å². The van der Waals surface area contributed by atoms with Gasteiger partial charge in [0, 0.05) is 12.8 Å². The summed E-state index contributed by atoms with van der Waals surface area (Å²) in [7, 11) is 3.03. The Labute approximate surface area is 139 Å². The summed E-state index contributed by atoms with van der Waals surface area (Å²) in [6, 6.07) is 4.04. The largest absolute Gasteiger partial charge is 0.493 e. The Hall–Kier alpha value is -2.77. The van der Waals surface area contributed by atoms with E-state index in [-0.39, 0.29) is 19.3 Å². The fourth-order valence-corrected chi connectivity index (χ4v) is 2.09. The van der Waals surface area contributed by atoms with Crippen LogP contribution in [0.4, 0.5) is 0 Å². The summed E-state index contributed by atoms with van der Waals surface area (Å²) in [4.78, 5) is 33.4. The number of benzene rings is 1. The second kappa shape index (κ2) is 9.39. The molecule has 0 radical (unpaired) electrons. The van der Waals surface area contributed by atoms with Gasteiger partial charge in [-0.05, 0) is 30.5 Å². The highest BCUT2D eigenvalue weighted by Gasteiger charge is 2.20. The molecule has 3 N–H and O–H groups in total. The zero-order valence-electron chi connectivity index (χ0n) is 13.6. The molecule has 0 spiro atoms. The summed E-state index contributed by atoms with van der Waals surface area (Å²) in [5.41, 5.74) is 0.834. The molecule has 1 rings (SSSR count). The highest BCUT2D eigenvalue weighted by atomic mass is 16.5. The summed E-state index contributed by atoms with van der Waals surface area (Å²) in [6.07, 6.45) is -0.0243. The number of nitrogens with one attached hydrogen (secondary N) is 1. The summed E-state index contributed by atoms with van der Waals surface area (Å²) < 4.78 is 10.3. The second-order valence-electron chi connectivity index (χ2n) is 5.08. The van der Waals surface area contributed by atoms with Crippen LogP contribution >= 0.6 is 0 Å². The van der Waals surface area contributed by atoms with E-state index in [4.69, 9.17) is 19.7 Å². The van der Waals surface area contributed by atoms with Crippen LogP contribution in [0.2, 0.25) is 0 Å². The predicted octanol–water partition coefficient (Wildman–Crippen LogP) is 1.07. The van der Waals surface area contributed by atoms with Gasteiger partial charge in [-0.1, -0.05) is 6.07 Å². The van der Waals surface area contributed by atoms with Crippen LogP contribution < -0.4 is 14.8 Å². The molecular formula is C16H21NO7. The van der Waals surface area contributed by atoms with Crippen LogP contribution in [0, 0.1) is 0 Å². The number of carboxylic acids is 2. The van der Waals surface area contributed by atoms with Crippen molar-refractivity contribution in [2.45, 2.75) is 31.7 Å². The first-order valence-electron chi connectivity index (χ1n) is 7.32. The minimum Gasteiger partial charge on any atom is -0.493 e. The van der Waals surface area contributed by atoms with Gasteiger partial charge in [0.15, 0.2) is 11.5 Å². The van der Waals surface area contributed by atoms with Crippen molar-refractivity contribution < 1.29 is 34.1 Å². The summed E-state index contributed by atoms with van der Waals surface area (Å²) in [5, 5.41) is 19.9. The van der Waals surface area contributed by atoms with Crippen LogP contribution in [0.1, 0.15) is 24.8 Å². The summed E-state index contributed by atoms with van der Waals surface area (Å²) in [5.74, 6) is -1.70. The first-order valence-corrected chi connectivity index (χ1v) is 7.32. The van der Waals surface area contributed by atoms with Gasteiger partial charge < -0.3 is 25.0 Å². The van der Waals surface area contributed by atoms with Gasteiger partial charge in [0.25, 0.3) is 0 Å². The van der Waals surface area contributed by atoms with Crippen molar-refractivity contribution in [1.29, 1.82) is 0 Å². The van der Waals surface area contributed by atoms with Gasteiger partial charge in [0.1, 0.15) is 6.04 Å². The third-order valence-electron chi connectivity index (χ3n) is 3.37. The lowest BCUT2D eigenvalue weighted by molar-refractivity contribution is -0.143. The van der Waals surface area contributed by atoms with E-state index in [1.54, 1.807) is 18.2 Å². The SMILES string of the molecule is COc1ccc(CCC(=O)NC(CCC(=O)O)C(=O)O)cc1OC. The van der Waals surface area contributed by atoms with Gasteiger partial charge in [0.2, 0.25) is 5.91 Å². The molecule has 8 heteroatoms. The number of carbonyl (C=O) groups is 3. The van der Waals surface area contributed by atoms with Crippen molar-refractivity contribution >= 4 is 17.8 Å². The molecule has 8 nitrogen and oxygen atoms in total. The second-order valence-corrected chi connectivity index (χ2v) is 5.08. The lowest BCUT2D eigenvalue weighted by Crippen LogP contribution is -2.41. The molecule has 0 aromatic heterocycles. The summed E-state index contributed by atoms with van der Waals surface area (Å²) in [6.45, 7) is 0. The topological polar surface area (TPSA) is 122 Å². The molecular weight excluding hydrogens is 318 g/mol. The smallest absolute Gasteiger partial charge is 0.326 e. The zero-order valence-corrected chi connectivity index (χ0v) is 13.6. The van der Waals surface area contributed by atoms with E-state index in [0.29, 0.717) is 17.9 Å². The highest BCUT2D eigenvalue weighted by molar-refractivity contribution is 5.84. The quantitative estimate of drug-likeness (QED) is 0.583. The Kier molecular flexibility index (Phi) is 7.54. The molecule has 0 saturated carbocycles. The number of methoxy groups -OCH3 is 2.